The second kappa shape index (κ2) is 7.79. The van der Waals surface area contributed by atoms with Gasteiger partial charge in [-0.1, -0.05) is 0 Å². The van der Waals surface area contributed by atoms with Crippen molar-refractivity contribution >= 4 is 34.7 Å². The molecule has 6 rings (SSSR count). The third-order valence-electron chi connectivity index (χ3n) is 6.55. The Morgan fingerprint density at radius 1 is 1.24 bits per heavy atom. The van der Waals surface area contributed by atoms with Crippen LogP contribution in [-0.4, -0.2) is 47.1 Å². The minimum absolute atomic E-state index is 0.215. The summed E-state index contributed by atoms with van der Waals surface area (Å²) in [6.07, 6.45) is 10.8. The number of halogens is 1. The molecule has 1 saturated carbocycles. The highest BCUT2D eigenvalue weighted by Crippen LogP contribution is 2.36. The van der Waals surface area contributed by atoms with E-state index in [2.05, 4.69) is 30.3 Å². The van der Waals surface area contributed by atoms with Gasteiger partial charge in [-0.3, -0.25) is 4.79 Å². The summed E-state index contributed by atoms with van der Waals surface area (Å²) in [5, 5.41) is 10.9. The lowest BCUT2D eigenvalue weighted by Gasteiger charge is -2.34. The van der Waals surface area contributed by atoms with Gasteiger partial charge in [0.15, 0.2) is 5.82 Å². The molecule has 0 spiro atoms. The third-order valence-corrected chi connectivity index (χ3v) is 6.55. The lowest BCUT2D eigenvalue weighted by atomic mass is 9.97. The zero-order chi connectivity index (χ0) is 23.3. The summed E-state index contributed by atoms with van der Waals surface area (Å²) in [6.45, 7) is 2.51. The molecule has 1 aliphatic carbocycles. The Hall–Kier alpha value is -4.02. The van der Waals surface area contributed by atoms with E-state index in [1.54, 1.807) is 4.52 Å². The molecular formula is C23H24FN9O. The molecule has 2 aliphatic rings. The van der Waals surface area contributed by atoms with Crippen molar-refractivity contribution in [3.63, 3.8) is 0 Å². The number of hydrogen-bond acceptors (Lipinski definition) is 7. The maximum Gasteiger partial charge on any atom is 0.250 e. The van der Waals surface area contributed by atoms with Crippen molar-refractivity contribution in [3.8, 4) is 0 Å². The Labute approximate surface area is 194 Å². The normalized spacial score (nSPS) is 20.1. The molecule has 0 radical (unpaired) electrons. The van der Waals surface area contributed by atoms with Crippen LogP contribution in [0.25, 0.3) is 5.52 Å². The molecule has 1 atom stereocenters. The number of nitrogens with zero attached hydrogens (tertiary/aromatic N) is 7. The number of aromatic nitrogens is 6. The smallest absolute Gasteiger partial charge is 0.250 e. The number of hydrogen-bond donors (Lipinski definition) is 2. The van der Waals surface area contributed by atoms with Gasteiger partial charge in [0, 0.05) is 25.0 Å². The van der Waals surface area contributed by atoms with E-state index < -0.39 is 11.5 Å². The minimum Gasteiger partial charge on any atom is -0.332 e. The van der Waals surface area contributed by atoms with Gasteiger partial charge >= 0.3 is 0 Å². The van der Waals surface area contributed by atoms with Crippen LogP contribution in [0, 0.1) is 5.95 Å². The number of fused-ring (bicyclic) bond motifs is 1. The summed E-state index contributed by atoms with van der Waals surface area (Å²) in [7, 11) is 0. The molecule has 2 fully saturated rings. The lowest BCUT2D eigenvalue weighted by Crippen LogP contribution is -2.51. The van der Waals surface area contributed by atoms with E-state index in [1.165, 1.54) is 31.2 Å². The van der Waals surface area contributed by atoms with Gasteiger partial charge in [0.25, 0.3) is 0 Å². The number of carbonyl (C=O) groups excluding carboxylic acids is 1. The molecule has 2 N–H and O–H groups in total. The Morgan fingerprint density at radius 3 is 2.91 bits per heavy atom. The van der Waals surface area contributed by atoms with Gasteiger partial charge in [0.1, 0.15) is 16.9 Å². The number of amides is 1. The van der Waals surface area contributed by atoms with E-state index in [9.17, 15) is 9.18 Å². The molecule has 4 aromatic rings. The zero-order valence-electron chi connectivity index (χ0n) is 18.6. The Kier molecular flexibility index (Phi) is 4.71. The number of rotatable bonds is 6. The summed E-state index contributed by atoms with van der Waals surface area (Å²) in [4.78, 5) is 28.1. The van der Waals surface area contributed by atoms with Crippen molar-refractivity contribution < 1.29 is 9.18 Å². The van der Waals surface area contributed by atoms with Crippen molar-refractivity contribution in [2.45, 2.75) is 44.2 Å². The Morgan fingerprint density at radius 2 is 2.12 bits per heavy atom. The fourth-order valence-electron chi connectivity index (χ4n) is 4.46. The molecule has 0 bridgehead atoms. The van der Waals surface area contributed by atoms with Crippen LogP contribution >= 0.6 is 0 Å². The molecule has 1 aliphatic heterocycles. The number of carbonyl (C=O) groups is 1. The van der Waals surface area contributed by atoms with Crippen LogP contribution < -0.4 is 15.5 Å². The Balaban J connectivity index is 1.31. The maximum atomic E-state index is 13.3. The second-order valence-electron chi connectivity index (χ2n) is 9.01. The minimum atomic E-state index is -0.875. The summed E-state index contributed by atoms with van der Waals surface area (Å²) in [5.74, 6) is 0.966. The number of imidazole rings is 1. The zero-order valence-corrected chi connectivity index (χ0v) is 18.6. The van der Waals surface area contributed by atoms with Gasteiger partial charge in [-0.15, -0.1) is 5.10 Å². The predicted molar refractivity (Wildman–Crippen MR) is 125 cm³/mol. The summed E-state index contributed by atoms with van der Waals surface area (Å²) < 4.78 is 17.0. The molecule has 1 amide bonds. The SMILES string of the molecule is C[C@@]1(C(=O)Nc2ccc(F)nc2)CCCN1c1nc(Nc2cn(C3CC3)cn2)c2cccn2n1. The lowest BCUT2D eigenvalue weighted by molar-refractivity contribution is -0.120. The first-order chi connectivity index (χ1) is 16.5. The van der Waals surface area contributed by atoms with Crippen molar-refractivity contribution in [2.75, 3.05) is 22.1 Å². The molecule has 34 heavy (non-hydrogen) atoms. The predicted octanol–water partition coefficient (Wildman–Crippen LogP) is 3.54. The van der Waals surface area contributed by atoms with Gasteiger partial charge in [0.05, 0.1) is 18.2 Å². The van der Waals surface area contributed by atoms with Gasteiger partial charge in [-0.2, -0.15) is 9.37 Å². The highest BCUT2D eigenvalue weighted by Gasteiger charge is 2.45. The van der Waals surface area contributed by atoms with Crippen LogP contribution in [0.5, 0.6) is 0 Å². The monoisotopic (exact) mass is 461 g/mol. The topological polar surface area (TPSA) is 105 Å². The average molecular weight is 462 g/mol. The van der Waals surface area contributed by atoms with Crippen molar-refractivity contribution in [3.05, 3.63) is 55.1 Å². The van der Waals surface area contributed by atoms with E-state index in [4.69, 9.17) is 4.98 Å². The molecule has 5 heterocycles. The van der Waals surface area contributed by atoms with Crippen molar-refractivity contribution in [1.29, 1.82) is 0 Å². The quantitative estimate of drug-likeness (QED) is 0.423. The van der Waals surface area contributed by atoms with Crippen LogP contribution in [0.3, 0.4) is 0 Å². The van der Waals surface area contributed by atoms with E-state index in [1.807, 2.05) is 42.7 Å². The maximum absolute atomic E-state index is 13.3. The van der Waals surface area contributed by atoms with Gasteiger partial charge in [-0.25, -0.2) is 14.5 Å². The number of pyridine rings is 1. The van der Waals surface area contributed by atoms with Crippen LogP contribution in [-0.2, 0) is 4.79 Å². The molecule has 0 aromatic carbocycles. The molecule has 174 valence electrons. The summed E-state index contributed by atoms with van der Waals surface area (Å²) >= 11 is 0. The largest absolute Gasteiger partial charge is 0.332 e. The highest BCUT2D eigenvalue weighted by molar-refractivity contribution is 6.00. The fourth-order valence-corrected chi connectivity index (χ4v) is 4.46. The fraction of sp³-hybridized carbons (Fsp3) is 0.348. The van der Waals surface area contributed by atoms with E-state index in [0.29, 0.717) is 42.3 Å². The molecule has 10 nitrogen and oxygen atoms in total. The molecule has 0 unspecified atom stereocenters. The highest BCUT2D eigenvalue weighted by atomic mass is 19.1. The van der Waals surface area contributed by atoms with Gasteiger partial charge < -0.3 is 20.1 Å². The molecule has 4 aromatic heterocycles. The average Bonchev–Trinajstić information content (AvgIpc) is 3.20. The summed E-state index contributed by atoms with van der Waals surface area (Å²) in [5.41, 5.74) is 0.377. The van der Waals surface area contributed by atoms with Crippen LogP contribution in [0.4, 0.5) is 27.7 Å². The molecule has 1 saturated heterocycles. The number of anilines is 4. The van der Waals surface area contributed by atoms with Crippen LogP contribution in [0.15, 0.2) is 49.2 Å². The Bertz CT molecular complexity index is 1360. The van der Waals surface area contributed by atoms with Gasteiger partial charge in [-0.05, 0) is 56.9 Å². The standard InChI is InChI=1S/C23H24FN9O/c1-23(21(34)27-15-5-8-18(24)25-12-15)9-3-10-32(23)22-29-20(17-4-2-11-33(17)30-22)28-19-13-31(14-26-19)16-6-7-16/h2,4-5,8,11-14,16H,3,6-7,9-10H2,1H3,(H,27,34)(H,28,29,30)/t23-/m0/s1. The van der Waals surface area contributed by atoms with E-state index >= 15 is 0 Å². The van der Waals surface area contributed by atoms with E-state index in [0.717, 1.165) is 11.9 Å². The summed E-state index contributed by atoms with van der Waals surface area (Å²) in [6, 6.07) is 7.09. The molecular weight excluding hydrogens is 437 g/mol. The first-order valence-electron chi connectivity index (χ1n) is 11.4. The van der Waals surface area contributed by atoms with E-state index in [-0.39, 0.29) is 5.91 Å². The van der Waals surface area contributed by atoms with Crippen molar-refractivity contribution in [2.24, 2.45) is 0 Å². The molecule has 11 heteroatoms. The van der Waals surface area contributed by atoms with Gasteiger partial charge in [0.2, 0.25) is 17.8 Å². The second-order valence-corrected chi connectivity index (χ2v) is 9.01. The van der Waals surface area contributed by atoms with Crippen LogP contribution in [0.2, 0.25) is 0 Å². The third kappa shape index (κ3) is 3.62. The first-order valence-corrected chi connectivity index (χ1v) is 11.4. The number of nitrogens with one attached hydrogen (secondary N) is 2. The van der Waals surface area contributed by atoms with Crippen molar-refractivity contribution in [1.82, 2.24) is 29.1 Å². The van der Waals surface area contributed by atoms with Crippen LogP contribution in [0.1, 0.15) is 38.6 Å². The first kappa shape index (κ1) is 20.6.